The first kappa shape index (κ1) is 22.2. The number of para-hydroxylation sites is 1. The Morgan fingerprint density at radius 1 is 0.594 bits per heavy atom. The van der Waals surface area contributed by atoms with Gasteiger partial charge in [-0.15, -0.1) is 0 Å². The van der Waals surface area contributed by atoms with Crippen LogP contribution in [-0.2, 0) is 9.59 Å². The van der Waals surface area contributed by atoms with E-state index in [0.29, 0.717) is 11.5 Å². The van der Waals surface area contributed by atoms with E-state index in [4.69, 9.17) is 9.47 Å². The third-order valence-corrected chi connectivity index (χ3v) is 4.42. The molecule has 0 spiro atoms. The third-order valence-electron chi connectivity index (χ3n) is 4.42. The molecule has 0 amide bonds. The van der Waals surface area contributed by atoms with Gasteiger partial charge >= 0.3 is 11.9 Å². The third kappa shape index (κ3) is 6.54. The summed E-state index contributed by atoms with van der Waals surface area (Å²) < 4.78 is 10.3. The number of ether oxygens (including phenoxy) is 2. The summed E-state index contributed by atoms with van der Waals surface area (Å²) in [4.78, 5) is 22.7. The fraction of sp³-hybridized carbons (Fsp3) is 0. The van der Waals surface area contributed by atoms with Gasteiger partial charge in [-0.25, -0.2) is 9.59 Å². The van der Waals surface area contributed by atoms with E-state index in [1.54, 1.807) is 18.2 Å². The second kappa shape index (κ2) is 11.1. The van der Waals surface area contributed by atoms with Crippen molar-refractivity contribution in [1.29, 1.82) is 0 Å². The Balaban J connectivity index is 1.64. The molecule has 0 radical (unpaired) electrons. The Kier molecular flexibility index (Phi) is 7.71. The molecule has 0 aromatic heterocycles. The normalized spacial score (nSPS) is 10.8. The van der Waals surface area contributed by atoms with Crippen molar-refractivity contribution in [3.8, 4) is 11.5 Å². The smallest absolute Gasteiger partial charge is 0.335 e. The van der Waals surface area contributed by atoms with Gasteiger partial charge in [-0.1, -0.05) is 92.1 Å². The van der Waals surface area contributed by atoms with Crippen LogP contribution in [0.15, 0.2) is 98.1 Å². The molecular formula is C28H22O4. The second-order valence-corrected chi connectivity index (χ2v) is 6.69. The highest BCUT2D eigenvalue weighted by Gasteiger charge is 2.03. The molecule has 3 aromatic carbocycles. The lowest BCUT2D eigenvalue weighted by molar-refractivity contribution is -0.129. The first-order chi connectivity index (χ1) is 15.6. The van der Waals surface area contributed by atoms with Crippen molar-refractivity contribution in [3.05, 3.63) is 120 Å². The van der Waals surface area contributed by atoms with Crippen molar-refractivity contribution in [3.63, 3.8) is 0 Å². The molecule has 32 heavy (non-hydrogen) atoms. The van der Waals surface area contributed by atoms with Gasteiger partial charge in [0.25, 0.3) is 0 Å². The molecule has 0 aliphatic rings. The molecule has 0 aliphatic heterocycles. The van der Waals surface area contributed by atoms with Crippen LogP contribution in [0.5, 0.6) is 11.5 Å². The molecule has 158 valence electrons. The molecule has 0 heterocycles. The highest BCUT2D eigenvalue weighted by Crippen LogP contribution is 2.21. The SMILES string of the molecule is C=CC(=O)Oc1ccc(C=Cc2ccc(C=Cc3ccccc3OC(=O)C=C)cc2)cc1. The number of carbonyl (C=O) groups excluding carboxylic acids is 2. The monoisotopic (exact) mass is 422 g/mol. The molecule has 0 bridgehead atoms. The molecule has 3 rings (SSSR count). The van der Waals surface area contributed by atoms with E-state index >= 15 is 0 Å². The Bertz CT molecular complexity index is 1170. The van der Waals surface area contributed by atoms with E-state index in [-0.39, 0.29) is 0 Å². The summed E-state index contributed by atoms with van der Waals surface area (Å²) in [5, 5.41) is 0. The summed E-state index contributed by atoms with van der Waals surface area (Å²) in [6.45, 7) is 6.80. The zero-order chi connectivity index (χ0) is 22.8. The molecule has 4 nitrogen and oxygen atoms in total. The zero-order valence-electron chi connectivity index (χ0n) is 17.4. The van der Waals surface area contributed by atoms with Crippen LogP contribution in [0.1, 0.15) is 22.3 Å². The van der Waals surface area contributed by atoms with Gasteiger partial charge in [0.1, 0.15) is 11.5 Å². The lowest BCUT2D eigenvalue weighted by Crippen LogP contribution is -2.03. The fourth-order valence-corrected chi connectivity index (χ4v) is 2.76. The van der Waals surface area contributed by atoms with Crippen LogP contribution in [0.25, 0.3) is 24.3 Å². The molecule has 4 heteroatoms. The highest BCUT2D eigenvalue weighted by atomic mass is 16.5. The Morgan fingerprint density at radius 3 is 1.62 bits per heavy atom. The quantitative estimate of drug-likeness (QED) is 0.187. The van der Waals surface area contributed by atoms with Crippen molar-refractivity contribution in [2.45, 2.75) is 0 Å². The van der Waals surface area contributed by atoms with Crippen molar-refractivity contribution >= 4 is 36.2 Å². The molecule has 0 fully saturated rings. The van der Waals surface area contributed by atoms with Gasteiger partial charge in [0.05, 0.1) is 0 Å². The Labute approximate surface area is 187 Å². The van der Waals surface area contributed by atoms with E-state index in [2.05, 4.69) is 13.2 Å². The first-order valence-corrected chi connectivity index (χ1v) is 9.91. The van der Waals surface area contributed by atoms with E-state index in [0.717, 1.165) is 34.4 Å². The number of carbonyl (C=O) groups is 2. The van der Waals surface area contributed by atoms with Crippen LogP contribution in [-0.4, -0.2) is 11.9 Å². The van der Waals surface area contributed by atoms with Crippen molar-refractivity contribution in [2.24, 2.45) is 0 Å². The molecule has 0 N–H and O–H groups in total. The summed E-state index contributed by atoms with van der Waals surface area (Å²) in [7, 11) is 0. The summed E-state index contributed by atoms with van der Waals surface area (Å²) in [6.07, 6.45) is 10.1. The summed E-state index contributed by atoms with van der Waals surface area (Å²) in [5.41, 5.74) is 3.84. The van der Waals surface area contributed by atoms with Gasteiger partial charge in [-0.2, -0.15) is 0 Å². The predicted octanol–water partition coefficient (Wildman–Crippen LogP) is 6.21. The average molecular weight is 422 g/mol. The van der Waals surface area contributed by atoms with E-state index < -0.39 is 11.9 Å². The minimum Gasteiger partial charge on any atom is -0.423 e. The van der Waals surface area contributed by atoms with E-state index in [1.807, 2.05) is 78.9 Å². The molecular weight excluding hydrogens is 400 g/mol. The maximum Gasteiger partial charge on any atom is 0.335 e. The molecule has 0 unspecified atom stereocenters. The second-order valence-electron chi connectivity index (χ2n) is 6.69. The highest BCUT2D eigenvalue weighted by molar-refractivity contribution is 5.85. The van der Waals surface area contributed by atoms with Crippen LogP contribution in [0.4, 0.5) is 0 Å². The van der Waals surface area contributed by atoms with Gasteiger partial charge in [0, 0.05) is 17.7 Å². The van der Waals surface area contributed by atoms with E-state index in [9.17, 15) is 9.59 Å². The Hall–Kier alpha value is -4.44. The maximum absolute atomic E-state index is 11.5. The summed E-state index contributed by atoms with van der Waals surface area (Å²) in [5.74, 6) is -0.0133. The van der Waals surface area contributed by atoms with Crippen LogP contribution in [0.2, 0.25) is 0 Å². The summed E-state index contributed by atoms with van der Waals surface area (Å²) >= 11 is 0. The summed E-state index contributed by atoms with van der Waals surface area (Å²) in [6, 6.07) is 22.6. The topological polar surface area (TPSA) is 52.6 Å². The molecule has 0 atom stereocenters. The average Bonchev–Trinajstić information content (AvgIpc) is 2.83. The minimum absolute atomic E-state index is 0.476. The van der Waals surface area contributed by atoms with Crippen molar-refractivity contribution < 1.29 is 19.1 Å². The van der Waals surface area contributed by atoms with Crippen LogP contribution in [0, 0.1) is 0 Å². The van der Waals surface area contributed by atoms with Gasteiger partial charge in [-0.3, -0.25) is 0 Å². The first-order valence-electron chi connectivity index (χ1n) is 9.91. The number of benzene rings is 3. The number of hydrogen-bond donors (Lipinski definition) is 0. The largest absolute Gasteiger partial charge is 0.423 e. The Morgan fingerprint density at radius 2 is 1.06 bits per heavy atom. The van der Waals surface area contributed by atoms with Gasteiger partial charge in [-0.05, 0) is 34.9 Å². The molecule has 0 saturated heterocycles. The molecule has 3 aromatic rings. The van der Waals surface area contributed by atoms with Crippen LogP contribution in [0.3, 0.4) is 0 Å². The zero-order valence-corrected chi connectivity index (χ0v) is 17.4. The predicted molar refractivity (Wildman–Crippen MR) is 129 cm³/mol. The van der Waals surface area contributed by atoms with Crippen molar-refractivity contribution in [2.75, 3.05) is 0 Å². The number of hydrogen-bond acceptors (Lipinski definition) is 4. The number of rotatable bonds is 8. The lowest BCUT2D eigenvalue weighted by Gasteiger charge is -2.05. The standard InChI is InChI=1S/C28H22O4/c1-3-27(29)31-25-19-16-23(17-20-25)14-11-21-9-12-22(13-10-21)15-18-24-7-5-6-8-26(24)32-28(30)4-2/h3-20H,1-2H2. The van der Waals surface area contributed by atoms with Gasteiger partial charge < -0.3 is 9.47 Å². The van der Waals surface area contributed by atoms with Crippen LogP contribution >= 0.6 is 0 Å². The number of esters is 2. The molecule has 0 saturated carbocycles. The minimum atomic E-state index is -0.491. The maximum atomic E-state index is 11.5. The molecule has 0 aliphatic carbocycles. The fourth-order valence-electron chi connectivity index (χ4n) is 2.76. The van der Waals surface area contributed by atoms with E-state index in [1.165, 1.54) is 0 Å². The lowest BCUT2D eigenvalue weighted by atomic mass is 10.1. The van der Waals surface area contributed by atoms with Gasteiger partial charge in [0.15, 0.2) is 0 Å². The van der Waals surface area contributed by atoms with Gasteiger partial charge in [0.2, 0.25) is 0 Å². The van der Waals surface area contributed by atoms with Crippen molar-refractivity contribution in [1.82, 2.24) is 0 Å². The van der Waals surface area contributed by atoms with Crippen LogP contribution < -0.4 is 9.47 Å².